The topological polar surface area (TPSA) is 70.1 Å². The lowest BCUT2D eigenvalue weighted by molar-refractivity contribution is -0.141. The smallest absolute Gasteiger partial charge is 0.320 e. The Hall–Kier alpha value is -2.08. The molecule has 25 heavy (non-hydrogen) atoms. The van der Waals surface area contributed by atoms with E-state index in [1.807, 2.05) is 42.0 Å². The maximum atomic E-state index is 12.9. The van der Waals surface area contributed by atoms with E-state index in [4.69, 9.17) is 4.74 Å². The molecule has 3 rings (SSSR count). The summed E-state index contributed by atoms with van der Waals surface area (Å²) in [6, 6.07) is 5.22. The van der Waals surface area contributed by atoms with E-state index in [0.29, 0.717) is 30.8 Å². The van der Waals surface area contributed by atoms with Crippen LogP contribution in [0, 0.1) is 12.3 Å². The lowest BCUT2D eigenvalue weighted by Gasteiger charge is -2.39. The number of piperidine rings is 1. The summed E-state index contributed by atoms with van der Waals surface area (Å²) >= 11 is 0. The van der Waals surface area contributed by atoms with Crippen LogP contribution in [0.4, 0.5) is 0 Å². The van der Waals surface area contributed by atoms with Crippen molar-refractivity contribution >= 4 is 11.9 Å². The number of aryl methyl sites for hydroxylation is 1. The average molecular weight is 346 g/mol. The second-order valence-corrected chi connectivity index (χ2v) is 7.47. The largest absolute Gasteiger partial charge is 0.496 e. The van der Waals surface area contributed by atoms with Crippen molar-refractivity contribution in [1.82, 2.24) is 9.80 Å². The first-order chi connectivity index (χ1) is 11.8. The zero-order chi connectivity index (χ0) is 18.2. The zero-order valence-corrected chi connectivity index (χ0v) is 15.1. The molecule has 6 nitrogen and oxygen atoms in total. The molecule has 1 aromatic carbocycles. The van der Waals surface area contributed by atoms with Crippen LogP contribution in [0.3, 0.4) is 0 Å². The van der Waals surface area contributed by atoms with Crippen LogP contribution in [0.25, 0.3) is 0 Å². The molecule has 1 aromatic rings. The van der Waals surface area contributed by atoms with Gasteiger partial charge in [0.05, 0.1) is 12.7 Å². The minimum absolute atomic E-state index is 0.00663. The number of aliphatic carboxylic acids is 1. The fraction of sp³-hybridized carbons (Fsp3) is 0.579. The third kappa shape index (κ3) is 3.35. The molecule has 1 N–H and O–H groups in total. The normalized spacial score (nSPS) is 23.0. The van der Waals surface area contributed by atoms with Gasteiger partial charge in [-0.3, -0.25) is 14.5 Å². The van der Waals surface area contributed by atoms with Crippen LogP contribution in [0.1, 0.15) is 35.2 Å². The van der Waals surface area contributed by atoms with Gasteiger partial charge in [-0.15, -0.1) is 0 Å². The average Bonchev–Trinajstić information content (AvgIpc) is 2.91. The third-order valence-electron chi connectivity index (χ3n) is 5.73. The number of carbonyl (C=O) groups is 2. The van der Waals surface area contributed by atoms with Crippen LogP contribution in [-0.4, -0.2) is 66.6 Å². The number of carboxylic acid groups (broad SMARTS) is 1. The van der Waals surface area contributed by atoms with E-state index in [-0.39, 0.29) is 11.3 Å². The molecule has 1 unspecified atom stereocenters. The van der Waals surface area contributed by atoms with E-state index in [2.05, 4.69) is 0 Å². The van der Waals surface area contributed by atoms with E-state index in [1.165, 1.54) is 0 Å². The van der Waals surface area contributed by atoms with Crippen LogP contribution >= 0.6 is 0 Å². The summed E-state index contributed by atoms with van der Waals surface area (Å²) in [6.45, 7) is 4.09. The minimum atomic E-state index is -0.748. The van der Waals surface area contributed by atoms with Crippen molar-refractivity contribution in [1.29, 1.82) is 0 Å². The van der Waals surface area contributed by atoms with E-state index >= 15 is 0 Å². The molecular formula is C19H26N2O4. The molecular weight excluding hydrogens is 320 g/mol. The van der Waals surface area contributed by atoms with E-state index in [0.717, 1.165) is 24.9 Å². The fourth-order valence-electron chi connectivity index (χ4n) is 4.24. The van der Waals surface area contributed by atoms with E-state index < -0.39 is 12.0 Å². The van der Waals surface area contributed by atoms with Gasteiger partial charge in [0.15, 0.2) is 0 Å². The lowest BCUT2D eigenvalue weighted by atomic mass is 9.76. The Morgan fingerprint density at radius 2 is 1.96 bits per heavy atom. The quantitative estimate of drug-likeness (QED) is 0.907. The third-order valence-corrected chi connectivity index (χ3v) is 5.73. The van der Waals surface area contributed by atoms with Crippen molar-refractivity contribution in [2.45, 2.75) is 32.2 Å². The van der Waals surface area contributed by atoms with Crippen molar-refractivity contribution in [3.8, 4) is 5.75 Å². The summed E-state index contributed by atoms with van der Waals surface area (Å²) in [7, 11) is 3.46. The Labute approximate surface area is 148 Å². The molecule has 0 saturated carbocycles. The summed E-state index contributed by atoms with van der Waals surface area (Å²) < 4.78 is 5.37. The monoisotopic (exact) mass is 346 g/mol. The van der Waals surface area contributed by atoms with Crippen molar-refractivity contribution in [2.24, 2.45) is 5.41 Å². The Morgan fingerprint density at radius 1 is 1.28 bits per heavy atom. The number of benzene rings is 1. The van der Waals surface area contributed by atoms with Crippen molar-refractivity contribution in [2.75, 3.05) is 33.8 Å². The molecule has 1 atom stereocenters. The predicted molar refractivity (Wildman–Crippen MR) is 94.0 cm³/mol. The van der Waals surface area contributed by atoms with Crippen molar-refractivity contribution in [3.05, 3.63) is 29.3 Å². The number of amides is 1. The number of nitrogens with zero attached hydrogens (tertiary/aromatic N) is 2. The standard InChI is InChI=1S/C19H26N2O4/c1-13-4-5-14(16(10-13)25-3)17(22)21-8-6-19(7-9-21)11-15(18(23)24)20(2)12-19/h4-5,10,15H,6-9,11-12H2,1-3H3,(H,23,24). The van der Waals surface area contributed by atoms with Crippen LogP contribution in [-0.2, 0) is 4.79 Å². The molecule has 2 fully saturated rings. The van der Waals surface area contributed by atoms with E-state index in [9.17, 15) is 14.7 Å². The lowest BCUT2D eigenvalue weighted by Crippen LogP contribution is -2.44. The number of rotatable bonds is 3. The summed E-state index contributed by atoms with van der Waals surface area (Å²) in [4.78, 5) is 28.0. The highest BCUT2D eigenvalue weighted by molar-refractivity contribution is 5.97. The Kier molecular flexibility index (Phi) is 4.73. The van der Waals surface area contributed by atoms with Gasteiger partial charge in [-0.2, -0.15) is 0 Å². The molecule has 136 valence electrons. The number of hydrogen-bond acceptors (Lipinski definition) is 4. The maximum absolute atomic E-state index is 12.9. The van der Waals surface area contributed by atoms with Gasteiger partial charge in [0.25, 0.3) is 5.91 Å². The number of ether oxygens (including phenoxy) is 1. The molecule has 2 heterocycles. The first-order valence-electron chi connectivity index (χ1n) is 8.72. The molecule has 0 aliphatic carbocycles. The molecule has 2 saturated heterocycles. The molecule has 0 radical (unpaired) electrons. The molecule has 1 spiro atoms. The number of carboxylic acids is 1. The number of carbonyl (C=O) groups excluding carboxylic acids is 1. The Morgan fingerprint density at radius 3 is 2.52 bits per heavy atom. The highest BCUT2D eigenvalue weighted by Gasteiger charge is 2.47. The van der Waals surface area contributed by atoms with Gasteiger partial charge in [0, 0.05) is 19.6 Å². The van der Waals surface area contributed by atoms with Gasteiger partial charge in [0.2, 0.25) is 0 Å². The summed E-state index contributed by atoms with van der Waals surface area (Å²) in [5.41, 5.74) is 1.67. The number of methoxy groups -OCH3 is 1. The van der Waals surface area contributed by atoms with Gasteiger partial charge < -0.3 is 14.7 Å². The summed E-state index contributed by atoms with van der Waals surface area (Å²) in [5.74, 6) is -0.146. The summed E-state index contributed by atoms with van der Waals surface area (Å²) in [5, 5.41) is 9.35. The Balaban J connectivity index is 1.69. The van der Waals surface area contributed by atoms with Gasteiger partial charge in [-0.05, 0) is 56.3 Å². The molecule has 2 aliphatic heterocycles. The van der Waals surface area contributed by atoms with Gasteiger partial charge in [-0.25, -0.2) is 0 Å². The van der Waals surface area contributed by atoms with Crippen molar-refractivity contribution < 1.29 is 19.4 Å². The minimum Gasteiger partial charge on any atom is -0.496 e. The van der Waals surface area contributed by atoms with Crippen LogP contribution in [0.2, 0.25) is 0 Å². The highest BCUT2D eigenvalue weighted by atomic mass is 16.5. The second kappa shape index (κ2) is 6.67. The first-order valence-corrected chi connectivity index (χ1v) is 8.72. The van der Waals surface area contributed by atoms with E-state index in [1.54, 1.807) is 7.11 Å². The highest BCUT2D eigenvalue weighted by Crippen LogP contribution is 2.43. The van der Waals surface area contributed by atoms with Crippen LogP contribution in [0.5, 0.6) is 5.75 Å². The zero-order valence-electron chi connectivity index (χ0n) is 15.1. The SMILES string of the molecule is COc1cc(C)ccc1C(=O)N1CCC2(CC1)CC(C(=O)O)N(C)C2. The molecule has 0 bridgehead atoms. The predicted octanol–water partition coefficient (Wildman–Crippen LogP) is 2.01. The van der Waals surface area contributed by atoms with Gasteiger partial charge in [-0.1, -0.05) is 6.07 Å². The van der Waals surface area contributed by atoms with Crippen LogP contribution < -0.4 is 4.74 Å². The molecule has 6 heteroatoms. The fourth-order valence-corrected chi connectivity index (χ4v) is 4.24. The van der Waals surface area contributed by atoms with Crippen molar-refractivity contribution in [3.63, 3.8) is 0 Å². The first kappa shape index (κ1) is 17.7. The number of likely N-dealkylation sites (tertiary alicyclic amines) is 2. The van der Waals surface area contributed by atoms with Gasteiger partial charge >= 0.3 is 5.97 Å². The number of hydrogen-bond donors (Lipinski definition) is 1. The Bertz CT molecular complexity index is 680. The number of likely N-dealkylation sites (N-methyl/N-ethyl adjacent to an activating group) is 1. The molecule has 0 aromatic heterocycles. The summed E-state index contributed by atoms with van der Waals surface area (Å²) in [6.07, 6.45) is 2.37. The molecule has 1 amide bonds. The molecule has 2 aliphatic rings. The maximum Gasteiger partial charge on any atom is 0.320 e. The second-order valence-electron chi connectivity index (χ2n) is 7.47. The van der Waals surface area contributed by atoms with Crippen LogP contribution in [0.15, 0.2) is 18.2 Å². The van der Waals surface area contributed by atoms with Gasteiger partial charge in [0.1, 0.15) is 11.8 Å².